The Morgan fingerprint density at radius 1 is 1.06 bits per heavy atom. The van der Waals surface area contributed by atoms with Gasteiger partial charge in [0, 0.05) is 41.0 Å². The van der Waals surface area contributed by atoms with Gasteiger partial charge in [-0.3, -0.25) is 9.59 Å². The number of halogens is 1. The first-order chi connectivity index (χ1) is 17.4. The van der Waals surface area contributed by atoms with Crippen molar-refractivity contribution in [1.82, 2.24) is 15.3 Å². The van der Waals surface area contributed by atoms with Gasteiger partial charge in [0.25, 0.3) is 5.91 Å². The summed E-state index contributed by atoms with van der Waals surface area (Å²) in [6.07, 6.45) is 2.44. The number of nitrogens with one attached hydrogen (secondary N) is 3. The lowest BCUT2D eigenvalue weighted by molar-refractivity contribution is -0.143. The standard InChI is InChI=1S/C28H32FN3O4/c1-4-35-25(33)7-5-6-14-36-20-10-9-19-15-24(32-23(19)16-20)28(34)30-13-12-21-18(3)31-27-22(29)11-8-17(2)26(21)27/h8-11,15-16,31-32H,4-7,12-14H2,1-3H3,(H,30,34). The van der Waals surface area contributed by atoms with E-state index in [-0.39, 0.29) is 17.7 Å². The Balaban J connectivity index is 1.32. The number of unbranched alkanes of at least 4 members (excludes halogenated alkanes) is 1. The highest BCUT2D eigenvalue weighted by atomic mass is 19.1. The first-order valence-electron chi connectivity index (χ1n) is 12.3. The van der Waals surface area contributed by atoms with E-state index in [2.05, 4.69) is 15.3 Å². The van der Waals surface area contributed by atoms with Crippen LogP contribution in [0.25, 0.3) is 21.8 Å². The van der Waals surface area contributed by atoms with Crippen molar-refractivity contribution >= 4 is 33.7 Å². The maximum absolute atomic E-state index is 14.2. The molecule has 0 fully saturated rings. The normalized spacial score (nSPS) is 11.2. The van der Waals surface area contributed by atoms with Crippen LogP contribution in [0.4, 0.5) is 4.39 Å². The number of amides is 1. The summed E-state index contributed by atoms with van der Waals surface area (Å²) in [5, 5.41) is 4.76. The number of rotatable bonds is 11. The predicted molar refractivity (Wildman–Crippen MR) is 138 cm³/mol. The number of carbonyl (C=O) groups excluding carboxylic acids is 2. The molecule has 2 aromatic carbocycles. The molecule has 0 radical (unpaired) electrons. The first-order valence-corrected chi connectivity index (χ1v) is 12.3. The van der Waals surface area contributed by atoms with Gasteiger partial charge in [-0.15, -0.1) is 0 Å². The second kappa shape index (κ2) is 11.3. The smallest absolute Gasteiger partial charge is 0.305 e. The van der Waals surface area contributed by atoms with E-state index < -0.39 is 0 Å². The zero-order valence-corrected chi connectivity index (χ0v) is 20.9. The monoisotopic (exact) mass is 493 g/mol. The molecule has 0 saturated carbocycles. The van der Waals surface area contributed by atoms with Crippen LogP contribution in [0.15, 0.2) is 36.4 Å². The number of hydrogen-bond acceptors (Lipinski definition) is 4. The third-order valence-electron chi connectivity index (χ3n) is 6.28. The minimum Gasteiger partial charge on any atom is -0.494 e. The third kappa shape index (κ3) is 5.70. The molecule has 4 rings (SSSR count). The summed E-state index contributed by atoms with van der Waals surface area (Å²) in [7, 11) is 0. The molecule has 0 atom stereocenters. The van der Waals surface area contributed by atoms with Crippen molar-refractivity contribution < 1.29 is 23.5 Å². The van der Waals surface area contributed by atoms with Gasteiger partial charge in [0.2, 0.25) is 0 Å². The molecule has 2 heterocycles. The molecular weight excluding hydrogens is 461 g/mol. The van der Waals surface area contributed by atoms with Crippen LogP contribution in [-0.4, -0.2) is 41.6 Å². The highest BCUT2D eigenvalue weighted by Gasteiger charge is 2.15. The minimum absolute atomic E-state index is 0.184. The predicted octanol–water partition coefficient (Wildman–Crippen LogP) is 5.49. The third-order valence-corrected chi connectivity index (χ3v) is 6.28. The number of fused-ring (bicyclic) bond motifs is 2. The van der Waals surface area contributed by atoms with E-state index in [0.717, 1.165) is 39.5 Å². The van der Waals surface area contributed by atoms with Crippen LogP contribution < -0.4 is 10.1 Å². The molecule has 3 N–H and O–H groups in total. The summed E-state index contributed by atoms with van der Waals surface area (Å²) in [4.78, 5) is 30.4. The Morgan fingerprint density at radius 2 is 1.89 bits per heavy atom. The Kier molecular flexibility index (Phi) is 7.93. The van der Waals surface area contributed by atoms with Crippen molar-refractivity contribution in [2.45, 2.75) is 46.5 Å². The molecule has 4 aromatic rings. The van der Waals surface area contributed by atoms with E-state index >= 15 is 0 Å². The van der Waals surface area contributed by atoms with Crippen LogP contribution in [0.1, 0.15) is 53.5 Å². The maximum atomic E-state index is 14.2. The topological polar surface area (TPSA) is 96.2 Å². The van der Waals surface area contributed by atoms with E-state index in [4.69, 9.17) is 9.47 Å². The Morgan fingerprint density at radius 3 is 2.69 bits per heavy atom. The van der Waals surface area contributed by atoms with Crippen LogP contribution in [-0.2, 0) is 16.0 Å². The lowest BCUT2D eigenvalue weighted by atomic mass is 10.0. The van der Waals surface area contributed by atoms with Gasteiger partial charge in [-0.05, 0) is 75.4 Å². The van der Waals surface area contributed by atoms with Gasteiger partial charge in [-0.1, -0.05) is 6.07 Å². The van der Waals surface area contributed by atoms with Crippen LogP contribution >= 0.6 is 0 Å². The zero-order chi connectivity index (χ0) is 25.7. The van der Waals surface area contributed by atoms with Crippen molar-refractivity contribution in [2.24, 2.45) is 0 Å². The maximum Gasteiger partial charge on any atom is 0.305 e. The molecule has 36 heavy (non-hydrogen) atoms. The van der Waals surface area contributed by atoms with Gasteiger partial charge in [0.05, 0.1) is 18.7 Å². The lowest BCUT2D eigenvalue weighted by Crippen LogP contribution is -2.26. The largest absolute Gasteiger partial charge is 0.494 e. The number of H-pyrrole nitrogens is 2. The number of hydrogen-bond donors (Lipinski definition) is 3. The quantitative estimate of drug-likeness (QED) is 0.190. The van der Waals surface area contributed by atoms with Crippen LogP contribution in [0.2, 0.25) is 0 Å². The van der Waals surface area contributed by atoms with Gasteiger partial charge >= 0.3 is 5.97 Å². The van der Waals surface area contributed by atoms with E-state index in [1.165, 1.54) is 6.07 Å². The average Bonchev–Trinajstić information content (AvgIpc) is 3.43. The lowest BCUT2D eigenvalue weighted by Gasteiger charge is -2.06. The molecular formula is C28H32FN3O4. The van der Waals surface area contributed by atoms with Gasteiger partial charge in [0.15, 0.2) is 0 Å². The summed E-state index contributed by atoms with van der Waals surface area (Å²) < 4.78 is 24.9. The number of carbonyl (C=O) groups is 2. The number of benzene rings is 2. The Bertz CT molecular complexity index is 1390. The van der Waals surface area contributed by atoms with Crippen molar-refractivity contribution in [3.63, 3.8) is 0 Å². The SMILES string of the molecule is CCOC(=O)CCCCOc1ccc2cc(C(=O)NCCc3c(C)[nH]c4c(F)ccc(C)c34)[nH]c2c1. The van der Waals surface area contributed by atoms with Gasteiger partial charge in [-0.2, -0.15) is 0 Å². The molecule has 0 unspecified atom stereocenters. The second-order valence-electron chi connectivity index (χ2n) is 8.89. The molecule has 0 spiro atoms. The fraction of sp³-hybridized carbons (Fsp3) is 0.357. The average molecular weight is 494 g/mol. The number of aryl methyl sites for hydroxylation is 2. The highest BCUT2D eigenvalue weighted by Crippen LogP contribution is 2.28. The van der Waals surface area contributed by atoms with Gasteiger partial charge < -0.3 is 24.8 Å². The molecule has 0 bridgehead atoms. The van der Waals surface area contributed by atoms with E-state index in [9.17, 15) is 14.0 Å². The summed E-state index contributed by atoms with van der Waals surface area (Å²) in [6.45, 7) is 7.00. The van der Waals surface area contributed by atoms with Crippen LogP contribution in [0.5, 0.6) is 5.75 Å². The van der Waals surface area contributed by atoms with Crippen molar-refractivity contribution in [3.8, 4) is 5.75 Å². The van der Waals surface area contributed by atoms with Crippen molar-refractivity contribution in [3.05, 3.63) is 64.7 Å². The van der Waals surface area contributed by atoms with Crippen LogP contribution in [0.3, 0.4) is 0 Å². The molecule has 2 aromatic heterocycles. The summed E-state index contributed by atoms with van der Waals surface area (Å²) in [6, 6.07) is 10.7. The Hall–Kier alpha value is -3.81. The molecule has 0 aliphatic rings. The van der Waals surface area contributed by atoms with Crippen molar-refractivity contribution in [2.75, 3.05) is 19.8 Å². The van der Waals surface area contributed by atoms with E-state index in [0.29, 0.717) is 56.0 Å². The number of ether oxygens (including phenoxy) is 2. The molecule has 1 amide bonds. The van der Waals surface area contributed by atoms with E-state index in [1.54, 1.807) is 13.0 Å². The number of aromatic nitrogens is 2. The minimum atomic E-state index is -0.271. The number of esters is 1. The molecule has 190 valence electrons. The fourth-order valence-corrected chi connectivity index (χ4v) is 4.46. The van der Waals surface area contributed by atoms with Gasteiger partial charge in [-0.25, -0.2) is 4.39 Å². The van der Waals surface area contributed by atoms with E-state index in [1.807, 2.05) is 38.1 Å². The molecule has 0 aliphatic carbocycles. The summed E-state index contributed by atoms with van der Waals surface area (Å²) >= 11 is 0. The number of aromatic amines is 2. The van der Waals surface area contributed by atoms with Crippen LogP contribution in [0, 0.1) is 19.7 Å². The summed E-state index contributed by atoms with van der Waals surface area (Å²) in [5.41, 5.74) is 4.72. The second-order valence-corrected chi connectivity index (χ2v) is 8.89. The van der Waals surface area contributed by atoms with Gasteiger partial charge in [0.1, 0.15) is 17.3 Å². The molecule has 0 aliphatic heterocycles. The molecule has 8 heteroatoms. The van der Waals surface area contributed by atoms with Crippen molar-refractivity contribution in [1.29, 1.82) is 0 Å². The fourth-order valence-electron chi connectivity index (χ4n) is 4.46. The summed E-state index contributed by atoms with van der Waals surface area (Å²) in [5.74, 6) is 0.0432. The molecule has 7 nitrogen and oxygen atoms in total. The zero-order valence-electron chi connectivity index (χ0n) is 20.9. The Labute approximate surface area is 209 Å². The highest BCUT2D eigenvalue weighted by molar-refractivity contribution is 5.98. The first kappa shape index (κ1) is 25.3. The molecule has 0 saturated heterocycles.